The summed E-state index contributed by atoms with van der Waals surface area (Å²) in [5.41, 5.74) is 1.33. The predicted molar refractivity (Wildman–Crippen MR) is 91.6 cm³/mol. The van der Waals surface area contributed by atoms with Gasteiger partial charge in [-0.2, -0.15) is 0 Å². The molecule has 0 N–H and O–H groups in total. The minimum Gasteiger partial charge on any atom is -0.444 e. The molecule has 0 aromatic rings. The summed E-state index contributed by atoms with van der Waals surface area (Å²) in [6.45, 7) is 6.96. The molecule has 3 aliphatic rings. The molecule has 6 nitrogen and oxygen atoms in total. The molecule has 0 saturated carbocycles. The highest BCUT2D eigenvalue weighted by Crippen LogP contribution is 2.30. The topological polar surface area (TPSA) is 66.6 Å². The maximum atomic E-state index is 12.1. The zero-order valence-electron chi connectivity index (χ0n) is 13.6. The normalized spacial score (nSPS) is 24.8. The first-order valence-electron chi connectivity index (χ1n) is 7.86. The second-order valence-corrected chi connectivity index (χ2v) is 7.35. The van der Waals surface area contributed by atoms with E-state index in [4.69, 9.17) is 16.3 Å². The van der Waals surface area contributed by atoms with Crippen LogP contribution in [-0.4, -0.2) is 52.9 Å². The Bertz CT molecular complexity index is 622. The maximum absolute atomic E-state index is 12.1. The van der Waals surface area contributed by atoms with Crippen molar-refractivity contribution in [3.63, 3.8) is 0 Å². The van der Waals surface area contributed by atoms with Gasteiger partial charge in [0.1, 0.15) is 23.2 Å². The molecule has 0 radical (unpaired) electrons. The summed E-state index contributed by atoms with van der Waals surface area (Å²) in [5, 5.41) is 0.476. The molecular formula is C16H21ClN4O2. The lowest BCUT2D eigenvalue weighted by atomic mass is 9.91. The average molecular weight is 337 g/mol. The third-order valence-corrected chi connectivity index (χ3v) is 4.32. The van der Waals surface area contributed by atoms with E-state index in [0.717, 1.165) is 24.3 Å². The molecule has 0 aromatic carbocycles. The van der Waals surface area contributed by atoms with E-state index in [9.17, 15) is 4.79 Å². The Morgan fingerprint density at radius 1 is 1.35 bits per heavy atom. The zero-order chi connectivity index (χ0) is 16.6. The van der Waals surface area contributed by atoms with E-state index in [0.29, 0.717) is 18.3 Å². The molecule has 1 unspecified atom stereocenters. The van der Waals surface area contributed by atoms with Gasteiger partial charge in [0.15, 0.2) is 0 Å². The fourth-order valence-corrected chi connectivity index (χ4v) is 3.14. The Labute approximate surface area is 141 Å². The summed E-state index contributed by atoms with van der Waals surface area (Å²) < 4.78 is 5.42. The van der Waals surface area contributed by atoms with Gasteiger partial charge < -0.3 is 9.64 Å². The molecule has 0 aromatic heterocycles. The van der Waals surface area contributed by atoms with Crippen LogP contribution in [-0.2, 0) is 4.74 Å². The van der Waals surface area contributed by atoms with Gasteiger partial charge in [-0.05, 0) is 39.7 Å². The fourth-order valence-electron chi connectivity index (χ4n) is 2.88. The van der Waals surface area contributed by atoms with E-state index in [-0.39, 0.29) is 18.1 Å². The van der Waals surface area contributed by atoms with Gasteiger partial charge in [-0.15, -0.1) is 0 Å². The first-order chi connectivity index (χ1) is 10.8. The van der Waals surface area contributed by atoms with Gasteiger partial charge in [-0.25, -0.2) is 14.8 Å². The summed E-state index contributed by atoms with van der Waals surface area (Å²) >= 11 is 6.21. The van der Waals surface area contributed by atoms with E-state index in [1.165, 1.54) is 6.34 Å². The molecule has 124 valence electrons. The van der Waals surface area contributed by atoms with Crippen LogP contribution in [0.4, 0.5) is 4.79 Å². The molecule has 3 aliphatic heterocycles. The molecule has 0 bridgehead atoms. The molecular weight excluding hydrogens is 316 g/mol. The number of allylic oxidation sites excluding steroid dienone is 1. The largest absolute Gasteiger partial charge is 0.444 e. The van der Waals surface area contributed by atoms with Crippen molar-refractivity contribution in [3.8, 4) is 0 Å². The number of aliphatic imine (C=N–C) groups is 3. The van der Waals surface area contributed by atoms with E-state index < -0.39 is 5.60 Å². The van der Waals surface area contributed by atoms with Crippen molar-refractivity contribution < 1.29 is 9.53 Å². The number of rotatable bonds is 1. The lowest BCUT2D eigenvalue weighted by molar-refractivity contribution is 0.0194. The van der Waals surface area contributed by atoms with Gasteiger partial charge in [0.2, 0.25) is 0 Å². The lowest BCUT2D eigenvalue weighted by Crippen LogP contribution is -2.42. The van der Waals surface area contributed by atoms with Gasteiger partial charge in [-0.3, -0.25) is 4.99 Å². The van der Waals surface area contributed by atoms with Gasteiger partial charge in [0.05, 0.1) is 5.71 Å². The smallest absolute Gasteiger partial charge is 0.410 e. The monoisotopic (exact) mass is 336 g/mol. The van der Waals surface area contributed by atoms with Crippen LogP contribution in [0.2, 0.25) is 0 Å². The van der Waals surface area contributed by atoms with Gasteiger partial charge in [0, 0.05) is 24.7 Å². The summed E-state index contributed by atoms with van der Waals surface area (Å²) in [6.07, 6.45) is 4.96. The van der Waals surface area contributed by atoms with Crippen LogP contribution in [0, 0.1) is 5.92 Å². The predicted octanol–water partition coefficient (Wildman–Crippen LogP) is 3.02. The number of halogens is 1. The second-order valence-electron chi connectivity index (χ2n) is 6.97. The van der Waals surface area contributed by atoms with Crippen LogP contribution in [0.5, 0.6) is 0 Å². The van der Waals surface area contributed by atoms with E-state index in [1.807, 2.05) is 26.8 Å². The van der Waals surface area contributed by atoms with Crippen LogP contribution >= 0.6 is 11.6 Å². The van der Waals surface area contributed by atoms with Crippen molar-refractivity contribution in [2.45, 2.75) is 45.3 Å². The highest BCUT2D eigenvalue weighted by molar-refractivity contribution is 6.69. The van der Waals surface area contributed by atoms with Gasteiger partial charge in [0.25, 0.3) is 0 Å². The highest BCUT2D eigenvalue weighted by Gasteiger charge is 2.32. The Balaban J connectivity index is 1.61. The number of piperidine rings is 1. The van der Waals surface area contributed by atoms with Crippen molar-refractivity contribution in [2.24, 2.45) is 20.9 Å². The number of ether oxygens (including phenoxy) is 1. The van der Waals surface area contributed by atoms with E-state index >= 15 is 0 Å². The fraction of sp³-hybridized carbons (Fsp3) is 0.625. The molecule has 1 atom stereocenters. The van der Waals surface area contributed by atoms with E-state index in [2.05, 4.69) is 15.0 Å². The Hall–Kier alpha value is -1.69. The van der Waals surface area contributed by atoms with Crippen molar-refractivity contribution in [3.05, 3.63) is 11.8 Å². The van der Waals surface area contributed by atoms with Gasteiger partial charge in [-0.1, -0.05) is 11.6 Å². The molecule has 3 heterocycles. The molecule has 1 fully saturated rings. The van der Waals surface area contributed by atoms with Crippen LogP contribution in [0.25, 0.3) is 0 Å². The molecule has 1 amide bonds. The molecule has 23 heavy (non-hydrogen) atoms. The lowest BCUT2D eigenvalue weighted by Gasteiger charge is -2.34. The third kappa shape index (κ3) is 3.63. The first kappa shape index (κ1) is 16.2. The zero-order valence-corrected chi connectivity index (χ0v) is 14.4. The van der Waals surface area contributed by atoms with Crippen molar-refractivity contribution in [1.29, 1.82) is 0 Å². The minimum absolute atomic E-state index is 0.220. The number of likely N-dealkylation sites (tertiary alicyclic amines) is 1. The molecule has 0 aliphatic carbocycles. The second kappa shape index (κ2) is 6.07. The molecule has 7 heteroatoms. The number of hydrogen-bond acceptors (Lipinski definition) is 5. The molecule has 0 spiro atoms. The van der Waals surface area contributed by atoms with E-state index in [1.54, 1.807) is 4.90 Å². The standard InChI is InChI=1S/C16H21ClN4O2/c1-16(2,3)23-15(22)21-6-4-10(5-7-21)11-8-12-13(14(17)20-11)19-9-18-12/h8-10,13H,4-7H2,1-3H3. The SMILES string of the molecule is CC(C)(C)OC(=O)N1CCC(C2=CC3=NC=NC3C(Cl)=N2)CC1. The number of hydrogen-bond donors (Lipinski definition) is 0. The number of carbonyl (C=O) groups excluding carboxylic acids is 1. The van der Waals surface area contributed by atoms with Crippen LogP contribution < -0.4 is 0 Å². The quantitative estimate of drug-likeness (QED) is 0.738. The van der Waals surface area contributed by atoms with Crippen LogP contribution in [0.15, 0.2) is 26.8 Å². The number of carbonyl (C=O) groups is 1. The summed E-state index contributed by atoms with van der Waals surface area (Å²) in [4.78, 5) is 26.8. The number of nitrogens with zero attached hydrogens (tertiary/aromatic N) is 4. The minimum atomic E-state index is -0.465. The third-order valence-electron chi connectivity index (χ3n) is 4.02. The Morgan fingerprint density at radius 3 is 2.70 bits per heavy atom. The average Bonchev–Trinajstić information content (AvgIpc) is 2.94. The maximum Gasteiger partial charge on any atom is 0.410 e. The van der Waals surface area contributed by atoms with Crippen molar-refractivity contribution >= 4 is 34.9 Å². The first-order valence-corrected chi connectivity index (χ1v) is 8.24. The van der Waals surface area contributed by atoms with Gasteiger partial charge >= 0.3 is 6.09 Å². The summed E-state index contributed by atoms with van der Waals surface area (Å²) in [7, 11) is 0. The summed E-state index contributed by atoms with van der Waals surface area (Å²) in [6, 6.07) is -0.220. The number of amides is 1. The van der Waals surface area contributed by atoms with Crippen molar-refractivity contribution in [2.75, 3.05) is 13.1 Å². The van der Waals surface area contributed by atoms with Crippen LogP contribution in [0.1, 0.15) is 33.6 Å². The van der Waals surface area contributed by atoms with Crippen molar-refractivity contribution in [1.82, 2.24) is 4.90 Å². The summed E-state index contributed by atoms with van der Waals surface area (Å²) in [5.74, 6) is 0.284. The van der Waals surface area contributed by atoms with Crippen LogP contribution in [0.3, 0.4) is 0 Å². The Kier molecular flexibility index (Phi) is 4.27. The molecule has 1 saturated heterocycles. The Morgan fingerprint density at radius 2 is 2.04 bits per heavy atom. The number of fused-ring (bicyclic) bond motifs is 1. The highest BCUT2D eigenvalue weighted by atomic mass is 35.5. The molecule has 3 rings (SSSR count).